The number of carbonyl (C=O) groups is 1. The van der Waals surface area contributed by atoms with Crippen molar-refractivity contribution in [3.8, 4) is 22.8 Å². The van der Waals surface area contributed by atoms with E-state index in [0.717, 1.165) is 22.3 Å². The summed E-state index contributed by atoms with van der Waals surface area (Å²) in [6, 6.07) is 7.88. The molecule has 0 aliphatic carbocycles. The Morgan fingerprint density at radius 3 is 2.65 bits per heavy atom. The van der Waals surface area contributed by atoms with Gasteiger partial charge in [-0.3, -0.25) is 4.68 Å². The van der Waals surface area contributed by atoms with Crippen LogP contribution in [-0.4, -0.2) is 33.1 Å². The van der Waals surface area contributed by atoms with Crippen molar-refractivity contribution in [1.82, 2.24) is 9.78 Å². The molecule has 0 saturated carbocycles. The second-order valence-corrected chi connectivity index (χ2v) is 8.34. The molecule has 0 atom stereocenters. The average Bonchev–Trinajstić information content (AvgIpc) is 3.03. The molecule has 1 heterocycles. The van der Waals surface area contributed by atoms with E-state index in [-0.39, 0.29) is 11.4 Å². The number of hydrogen-bond acceptors (Lipinski definition) is 5. The van der Waals surface area contributed by atoms with Gasteiger partial charge in [0.05, 0.1) is 22.1 Å². The Kier molecular flexibility index (Phi) is 6.51. The number of urea groups is 1. The van der Waals surface area contributed by atoms with Gasteiger partial charge in [-0.1, -0.05) is 0 Å². The van der Waals surface area contributed by atoms with Crippen molar-refractivity contribution in [2.45, 2.75) is 19.4 Å². The van der Waals surface area contributed by atoms with Crippen molar-refractivity contribution >= 4 is 33.3 Å². The van der Waals surface area contributed by atoms with E-state index in [9.17, 15) is 14.3 Å². The van der Waals surface area contributed by atoms with E-state index >= 15 is 0 Å². The molecule has 5 N–H and O–H groups in total. The van der Waals surface area contributed by atoms with Crippen molar-refractivity contribution in [1.29, 1.82) is 0 Å². The van der Waals surface area contributed by atoms with Gasteiger partial charge in [0, 0.05) is 30.9 Å². The van der Waals surface area contributed by atoms with Crippen LogP contribution in [0.5, 0.6) is 11.5 Å². The smallest absolute Gasteiger partial charge is 0.323 e. The molecule has 0 saturated heterocycles. The summed E-state index contributed by atoms with van der Waals surface area (Å²) < 4.78 is 21.7. The molecule has 31 heavy (non-hydrogen) atoms. The lowest BCUT2D eigenvalue weighted by Crippen LogP contribution is -2.37. The third kappa shape index (κ3) is 5.33. The lowest BCUT2D eigenvalue weighted by atomic mass is 10.1. The van der Waals surface area contributed by atoms with Gasteiger partial charge in [0.25, 0.3) is 0 Å². The topological polar surface area (TPSA) is 114 Å². The molecule has 1 aromatic heterocycles. The summed E-state index contributed by atoms with van der Waals surface area (Å²) >= 11 is 3.50. The summed E-state index contributed by atoms with van der Waals surface area (Å²) in [4.78, 5) is 12.4. The molecule has 3 aromatic rings. The van der Waals surface area contributed by atoms with Crippen molar-refractivity contribution in [3.63, 3.8) is 0 Å². The summed E-state index contributed by atoms with van der Waals surface area (Å²) in [5.74, 6) is -0.407. The normalized spacial score (nSPS) is 11.3. The molecule has 2 aromatic carbocycles. The zero-order valence-corrected chi connectivity index (χ0v) is 18.8. The maximum absolute atomic E-state index is 13.1. The molecule has 8 nitrogen and oxygen atoms in total. The van der Waals surface area contributed by atoms with Crippen LogP contribution >= 0.6 is 15.9 Å². The number of carbonyl (C=O) groups excluding carboxylic acids is 1. The van der Waals surface area contributed by atoms with Crippen LogP contribution in [0.3, 0.4) is 0 Å². The second kappa shape index (κ2) is 8.94. The molecule has 0 aliphatic rings. The molecule has 2 amide bonds. The van der Waals surface area contributed by atoms with Crippen LogP contribution in [0.15, 0.2) is 47.1 Å². The van der Waals surface area contributed by atoms with Gasteiger partial charge in [-0.15, -0.1) is 0 Å². The monoisotopic (exact) mass is 491 g/mol. The minimum absolute atomic E-state index is 0.0816. The van der Waals surface area contributed by atoms with Gasteiger partial charge in [0.1, 0.15) is 22.9 Å². The van der Waals surface area contributed by atoms with Crippen molar-refractivity contribution in [2.75, 3.05) is 17.2 Å². The molecular weight excluding hydrogens is 469 g/mol. The van der Waals surface area contributed by atoms with Crippen LogP contribution in [0.1, 0.15) is 13.8 Å². The summed E-state index contributed by atoms with van der Waals surface area (Å²) in [6.07, 6.45) is 1.66. The number of aryl methyl sites for hydroxylation is 1. The first-order valence-electron chi connectivity index (χ1n) is 9.37. The number of aromatic hydroxyl groups is 1. The molecule has 0 aliphatic heterocycles. The number of aromatic nitrogens is 2. The average molecular weight is 492 g/mol. The van der Waals surface area contributed by atoms with Crippen molar-refractivity contribution in [2.24, 2.45) is 12.8 Å². The number of benzene rings is 2. The quantitative estimate of drug-likeness (QED) is 0.380. The standard InChI is InChI=1S/C21H23BrFN5O3/c1-21(2,11-24)31-18-7-5-13(9-14(18)19-15(22)10-25-28(19)3)26-20(30)27-16-6-4-12(23)8-17(16)29/h4-10,29H,11,24H2,1-3H3,(H2,26,27,30). The largest absolute Gasteiger partial charge is 0.506 e. The highest BCUT2D eigenvalue weighted by Crippen LogP contribution is 2.38. The summed E-state index contributed by atoms with van der Waals surface area (Å²) in [5, 5.41) is 19.2. The zero-order chi connectivity index (χ0) is 22.8. The van der Waals surface area contributed by atoms with E-state index < -0.39 is 17.4 Å². The first-order chi connectivity index (χ1) is 14.6. The van der Waals surface area contributed by atoms with Gasteiger partial charge in [-0.25, -0.2) is 9.18 Å². The van der Waals surface area contributed by atoms with Gasteiger partial charge in [-0.2, -0.15) is 5.10 Å². The molecule has 0 fully saturated rings. The molecule has 10 heteroatoms. The Bertz CT molecular complexity index is 1100. The van der Waals surface area contributed by atoms with Gasteiger partial charge in [0.2, 0.25) is 0 Å². The summed E-state index contributed by atoms with van der Waals surface area (Å²) in [5.41, 5.74) is 7.20. The minimum atomic E-state index is -0.606. The molecule has 0 radical (unpaired) electrons. The van der Waals surface area contributed by atoms with Gasteiger partial charge < -0.3 is 26.2 Å². The number of phenolic OH excluding ortho intramolecular Hbond substituents is 1. The Balaban J connectivity index is 1.91. The third-order valence-electron chi connectivity index (χ3n) is 4.47. The molecular formula is C21H23BrFN5O3. The fourth-order valence-corrected chi connectivity index (χ4v) is 3.39. The Morgan fingerprint density at radius 2 is 2.03 bits per heavy atom. The number of phenols is 1. The highest BCUT2D eigenvalue weighted by molar-refractivity contribution is 9.10. The minimum Gasteiger partial charge on any atom is -0.506 e. The van der Waals surface area contributed by atoms with E-state index in [1.807, 2.05) is 13.8 Å². The highest BCUT2D eigenvalue weighted by Gasteiger charge is 2.22. The van der Waals surface area contributed by atoms with Gasteiger partial charge >= 0.3 is 6.03 Å². The Hall–Kier alpha value is -3.11. The predicted octanol–water partition coefficient (Wildman–Crippen LogP) is 4.45. The predicted molar refractivity (Wildman–Crippen MR) is 121 cm³/mol. The maximum atomic E-state index is 13.1. The number of hydrogen-bond donors (Lipinski definition) is 4. The van der Waals surface area contributed by atoms with Crippen LogP contribution in [0.25, 0.3) is 11.3 Å². The van der Waals surface area contributed by atoms with Crippen molar-refractivity contribution in [3.05, 3.63) is 52.9 Å². The fourth-order valence-electron chi connectivity index (χ4n) is 2.83. The number of nitrogens with two attached hydrogens (primary N) is 1. The van der Waals surface area contributed by atoms with E-state index in [1.54, 1.807) is 36.1 Å². The third-order valence-corrected chi connectivity index (χ3v) is 5.05. The van der Waals surface area contributed by atoms with Gasteiger partial charge in [0.15, 0.2) is 0 Å². The van der Waals surface area contributed by atoms with E-state index in [4.69, 9.17) is 10.5 Å². The van der Waals surface area contributed by atoms with E-state index in [1.165, 1.54) is 6.07 Å². The number of nitrogens with one attached hydrogen (secondary N) is 2. The van der Waals surface area contributed by atoms with Crippen LogP contribution in [0.4, 0.5) is 20.6 Å². The number of halogens is 2. The Labute approximate surface area is 187 Å². The lowest BCUT2D eigenvalue weighted by Gasteiger charge is -2.26. The SMILES string of the molecule is Cn1ncc(Br)c1-c1cc(NC(=O)Nc2ccc(F)cc2O)ccc1OC(C)(C)CN. The van der Waals surface area contributed by atoms with E-state index in [2.05, 4.69) is 31.7 Å². The Morgan fingerprint density at radius 1 is 1.29 bits per heavy atom. The molecule has 0 unspecified atom stereocenters. The fraction of sp³-hybridized carbons (Fsp3) is 0.238. The van der Waals surface area contributed by atoms with Crippen LogP contribution < -0.4 is 21.1 Å². The number of nitrogens with zero attached hydrogens (tertiary/aromatic N) is 2. The van der Waals surface area contributed by atoms with Gasteiger partial charge in [-0.05, 0) is 60.1 Å². The highest BCUT2D eigenvalue weighted by atomic mass is 79.9. The number of amides is 2. The van der Waals surface area contributed by atoms with Crippen LogP contribution in [0.2, 0.25) is 0 Å². The molecule has 0 spiro atoms. The molecule has 0 bridgehead atoms. The van der Waals surface area contributed by atoms with Crippen LogP contribution in [0, 0.1) is 5.82 Å². The first kappa shape index (κ1) is 22.6. The summed E-state index contributed by atoms with van der Waals surface area (Å²) in [6.45, 7) is 4.07. The molecule has 3 rings (SSSR count). The first-order valence-corrected chi connectivity index (χ1v) is 10.2. The molecule has 164 valence electrons. The summed E-state index contributed by atoms with van der Waals surface area (Å²) in [7, 11) is 1.79. The lowest BCUT2D eigenvalue weighted by molar-refractivity contribution is 0.119. The number of anilines is 2. The maximum Gasteiger partial charge on any atom is 0.323 e. The number of ether oxygens (including phenoxy) is 1. The van der Waals surface area contributed by atoms with E-state index in [0.29, 0.717) is 23.5 Å². The number of rotatable bonds is 6. The van der Waals surface area contributed by atoms with Crippen molar-refractivity contribution < 1.29 is 19.0 Å². The zero-order valence-electron chi connectivity index (χ0n) is 17.2. The second-order valence-electron chi connectivity index (χ2n) is 7.48. The van der Waals surface area contributed by atoms with Crippen LogP contribution in [-0.2, 0) is 7.05 Å².